The molecule has 0 bridgehead atoms. The Labute approximate surface area is 146 Å². The van der Waals surface area contributed by atoms with Gasteiger partial charge in [-0.2, -0.15) is 0 Å². The molecule has 0 aliphatic heterocycles. The van der Waals surface area contributed by atoms with Gasteiger partial charge in [0.1, 0.15) is 6.61 Å². The summed E-state index contributed by atoms with van der Waals surface area (Å²) in [6.07, 6.45) is 1.10. The summed E-state index contributed by atoms with van der Waals surface area (Å²) >= 11 is 5.76. The van der Waals surface area contributed by atoms with Crippen LogP contribution in [-0.4, -0.2) is 25.0 Å². The summed E-state index contributed by atoms with van der Waals surface area (Å²) in [6.45, 7) is 2.46. The number of hydrogen-bond donors (Lipinski definition) is 1. The molecule has 0 atom stereocenters. The fraction of sp³-hybridized carbons (Fsp3) is 0.263. The molecule has 0 unspecified atom stereocenters. The Morgan fingerprint density at radius 1 is 1.04 bits per heavy atom. The van der Waals surface area contributed by atoms with Gasteiger partial charge < -0.3 is 10.1 Å². The third kappa shape index (κ3) is 6.05. The van der Waals surface area contributed by atoms with E-state index in [0.29, 0.717) is 30.0 Å². The van der Waals surface area contributed by atoms with Gasteiger partial charge in [-0.3, -0.25) is 4.79 Å². The zero-order valence-corrected chi connectivity index (χ0v) is 14.3. The predicted octanol–water partition coefficient (Wildman–Crippen LogP) is 3.55. The van der Waals surface area contributed by atoms with Crippen molar-refractivity contribution in [1.82, 2.24) is 5.32 Å². The fourth-order valence-electron chi connectivity index (χ4n) is 2.10. The van der Waals surface area contributed by atoms with E-state index in [0.717, 1.165) is 5.56 Å². The first-order valence-electron chi connectivity index (χ1n) is 7.79. The minimum atomic E-state index is -0.430. The van der Waals surface area contributed by atoms with Gasteiger partial charge in [-0.25, -0.2) is 4.79 Å². The third-order valence-corrected chi connectivity index (χ3v) is 3.75. The van der Waals surface area contributed by atoms with Gasteiger partial charge in [-0.15, -0.1) is 0 Å². The molecule has 0 radical (unpaired) electrons. The van der Waals surface area contributed by atoms with Gasteiger partial charge in [-0.1, -0.05) is 41.4 Å². The molecule has 2 rings (SSSR count). The van der Waals surface area contributed by atoms with Gasteiger partial charge in [-0.05, 0) is 43.2 Å². The summed E-state index contributed by atoms with van der Waals surface area (Å²) in [4.78, 5) is 23.5. The summed E-state index contributed by atoms with van der Waals surface area (Å²) in [5.41, 5.74) is 2.76. The summed E-state index contributed by atoms with van der Waals surface area (Å²) < 4.78 is 5.10. The van der Waals surface area contributed by atoms with Crippen LogP contribution in [0.25, 0.3) is 0 Å². The molecule has 5 heteroatoms. The van der Waals surface area contributed by atoms with Crippen LogP contribution in [0.3, 0.4) is 0 Å². The van der Waals surface area contributed by atoms with Crippen molar-refractivity contribution in [2.45, 2.75) is 19.8 Å². The summed E-state index contributed by atoms with van der Waals surface area (Å²) in [5, 5.41) is 3.31. The maximum Gasteiger partial charge on any atom is 0.338 e. The molecule has 0 spiro atoms. The van der Waals surface area contributed by atoms with E-state index >= 15 is 0 Å². The monoisotopic (exact) mass is 345 g/mol. The average Bonchev–Trinajstić information content (AvgIpc) is 2.58. The first kappa shape index (κ1) is 18.0. The molecule has 0 aliphatic rings. The largest absolute Gasteiger partial charge is 0.460 e. The van der Waals surface area contributed by atoms with Crippen LogP contribution >= 0.6 is 11.6 Å². The molecule has 0 heterocycles. The molecule has 1 N–H and O–H groups in total. The fourth-order valence-corrected chi connectivity index (χ4v) is 2.23. The molecule has 0 aliphatic carbocycles. The Kier molecular flexibility index (Phi) is 6.82. The molecule has 126 valence electrons. The number of ether oxygens (including phenoxy) is 1. The number of esters is 1. The Morgan fingerprint density at radius 2 is 1.71 bits per heavy atom. The smallest absolute Gasteiger partial charge is 0.338 e. The number of amides is 1. The lowest BCUT2D eigenvalue weighted by atomic mass is 10.1. The molecule has 1 amide bonds. The van der Waals surface area contributed by atoms with Crippen molar-refractivity contribution >= 4 is 23.5 Å². The van der Waals surface area contributed by atoms with Crippen molar-refractivity contribution in [1.29, 1.82) is 0 Å². The van der Waals surface area contributed by atoms with Crippen LogP contribution in [0, 0.1) is 6.92 Å². The number of hydrogen-bond acceptors (Lipinski definition) is 3. The number of nitrogens with one attached hydrogen (secondary N) is 1. The van der Waals surface area contributed by atoms with Gasteiger partial charge in [0.05, 0.1) is 12.1 Å². The number of aryl methyl sites for hydroxylation is 2. The van der Waals surface area contributed by atoms with Crippen molar-refractivity contribution in [3.63, 3.8) is 0 Å². The lowest BCUT2D eigenvalue weighted by molar-refractivity contribution is -0.121. The predicted molar refractivity (Wildman–Crippen MR) is 94.2 cm³/mol. The van der Waals surface area contributed by atoms with Crippen LogP contribution in [0.2, 0.25) is 5.02 Å². The number of benzene rings is 2. The average molecular weight is 346 g/mol. The maximum absolute atomic E-state index is 11.8. The van der Waals surface area contributed by atoms with Crippen molar-refractivity contribution in [3.05, 3.63) is 70.2 Å². The Hall–Kier alpha value is -2.33. The number of halogens is 1. The first-order valence-corrected chi connectivity index (χ1v) is 8.17. The molecule has 0 saturated carbocycles. The maximum atomic E-state index is 11.8. The Morgan fingerprint density at radius 3 is 2.38 bits per heavy atom. The Balaban J connectivity index is 1.63. The zero-order valence-electron chi connectivity index (χ0n) is 13.5. The van der Waals surface area contributed by atoms with E-state index in [2.05, 4.69) is 5.32 Å². The van der Waals surface area contributed by atoms with Crippen molar-refractivity contribution < 1.29 is 14.3 Å². The van der Waals surface area contributed by atoms with E-state index < -0.39 is 5.97 Å². The molecule has 2 aromatic carbocycles. The highest BCUT2D eigenvalue weighted by Crippen LogP contribution is 2.10. The Bertz CT molecular complexity index is 681. The summed E-state index contributed by atoms with van der Waals surface area (Å²) in [6, 6.07) is 14.6. The van der Waals surface area contributed by atoms with Gasteiger partial charge in [0.15, 0.2) is 0 Å². The van der Waals surface area contributed by atoms with Crippen LogP contribution in [0.15, 0.2) is 48.5 Å². The van der Waals surface area contributed by atoms with Gasteiger partial charge >= 0.3 is 5.97 Å². The topological polar surface area (TPSA) is 55.4 Å². The van der Waals surface area contributed by atoms with Crippen LogP contribution in [0.1, 0.15) is 27.9 Å². The van der Waals surface area contributed by atoms with Gasteiger partial charge in [0.25, 0.3) is 0 Å². The standard InChI is InChI=1S/C19H20ClNO3/c1-14-2-4-15(5-3-14)6-11-18(22)21-12-13-24-19(23)16-7-9-17(20)10-8-16/h2-5,7-10H,6,11-13H2,1H3,(H,21,22). The second kappa shape index (κ2) is 9.08. The number of carbonyl (C=O) groups is 2. The van der Waals surface area contributed by atoms with Crippen LogP contribution < -0.4 is 5.32 Å². The lowest BCUT2D eigenvalue weighted by Gasteiger charge is -2.07. The van der Waals surface area contributed by atoms with Crippen molar-refractivity contribution in [3.8, 4) is 0 Å². The van der Waals surface area contributed by atoms with Crippen LogP contribution in [0.4, 0.5) is 0 Å². The van der Waals surface area contributed by atoms with Crippen molar-refractivity contribution in [2.24, 2.45) is 0 Å². The van der Waals surface area contributed by atoms with E-state index in [1.165, 1.54) is 5.56 Å². The van der Waals surface area contributed by atoms with Gasteiger partial charge in [0.2, 0.25) is 5.91 Å². The molecule has 4 nitrogen and oxygen atoms in total. The normalized spacial score (nSPS) is 10.2. The van der Waals surface area contributed by atoms with Gasteiger partial charge in [0, 0.05) is 11.4 Å². The highest BCUT2D eigenvalue weighted by Gasteiger charge is 2.07. The minimum Gasteiger partial charge on any atom is -0.460 e. The summed E-state index contributed by atoms with van der Waals surface area (Å²) in [5.74, 6) is -0.487. The SMILES string of the molecule is Cc1ccc(CCC(=O)NCCOC(=O)c2ccc(Cl)cc2)cc1. The zero-order chi connectivity index (χ0) is 17.4. The number of carbonyl (C=O) groups excluding carboxylic acids is 2. The highest BCUT2D eigenvalue weighted by molar-refractivity contribution is 6.30. The first-order chi connectivity index (χ1) is 11.5. The molecular formula is C19H20ClNO3. The third-order valence-electron chi connectivity index (χ3n) is 3.50. The molecule has 0 aromatic heterocycles. The van der Waals surface area contributed by atoms with E-state index in [9.17, 15) is 9.59 Å². The van der Waals surface area contributed by atoms with E-state index in [-0.39, 0.29) is 12.5 Å². The van der Waals surface area contributed by atoms with E-state index in [4.69, 9.17) is 16.3 Å². The second-order valence-electron chi connectivity index (χ2n) is 5.48. The van der Waals surface area contributed by atoms with E-state index in [1.807, 2.05) is 31.2 Å². The molecule has 24 heavy (non-hydrogen) atoms. The second-order valence-corrected chi connectivity index (χ2v) is 5.91. The molecular weight excluding hydrogens is 326 g/mol. The molecule has 0 saturated heterocycles. The van der Waals surface area contributed by atoms with Crippen molar-refractivity contribution in [2.75, 3.05) is 13.2 Å². The number of rotatable bonds is 7. The van der Waals surface area contributed by atoms with E-state index in [1.54, 1.807) is 24.3 Å². The molecule has 2 aromatic rings. The summed E-state index contributed by atoms with van der Waals surface area (Å²) in [7, 11) is 0. The quantitative estimate of drug-likeness (QED) is 0.616. The van der Waals surface area contributed by atoms with Crippen LogP contribution in [-0.2, 0) is 16.0 Å². The lowest BCUT2D eigenvalue weighted by Crippen LogP contribution is -2.28. The van der Waals surface area contributed by atoms with Crippen LogP contribution in [0.5, 0.6) is 0 Å². The minimum absolute atomic E-state index is 0.0573. The highest BCUT2D eigenvalue weighted by atomic mass is 35.5. The molecule has 0 fully saturated rings.